The lowest BCUT2D eigenvalue weighted by Gasteiger charge is -2.28. The molecule has 1 aliphatic heterocycles. The van der Waals surface area contributed by atoms with Crippen LogP contribution in [0, 0.1) is 11.3 Å². The maximum Gasteiger partial charge on any atom is 0.0426 e. The average molecular weight is 281 g/mol. The molecule has 1 saturated heterocycles. The predicted octanol–water partition coefficient (Wildman–Crippen LogP) is 3.93. The Morgan fingerprint density at radius 1 is 1.37 bits per heavy atom. The van der Waals surface area contributed by atoms with Crippen molar-refractivity contribution in [1.29, 1.82) is 0 Å². The van der Waals surface area contributed by atoms with E-state index in [0.717, 1.165) is 30.6 Å². The molecule has 1 heterocycles. The van der Waals surface area contributed by atoms with Crippen LogP contribution in [-0.2, 0) is 6.54 Å². The Morgan fingerprint density at radius 2 is 2.11 bits per heavy atom. The molecule has 2 nitrogen and oxygen atoms in total. The zero-order valence-electron chi connectivity index (χ0n) is 12.5. The van der Waals surface area contributed by atoms with Crippen LogP contribution in [0.4, 0.5) is 5.69 Å². The maximum atomic E-state index is 6.17. The van der Waals surface area contributed by atoms with Gasteiger partial charge < -0.3 is 10.2 Å². The second-order valence-corrected chi connectivity index (χ2v) is 7.04. The van der Waals surface area contributed by atoms with E-state index in [4.69, 9.17) is 11.6 Å². The fraction of sp³-hybridized carbons (Fsp3) is 0.625. The highest BCUT2D eigenvalue weighted by molar-refractivity contribution is 6.30. The highest BCUT2D eigenvalue weighted by Gasteiger charge is 2.32. The van der Waals surface area contributed by atoms with Crippen molar-refractivity contribution in [3.8, 4) is 0 Å². The van der Waals surface area contributed by atoms with E-state index in [1.807, 2.05) is 13.1 Å². The molecule has 106 valence electrons. The molecule has 1 aromatic rings. The first kappa shape index (κ1) is 14.7. The Hall–Kier alpha value is -0.730. The Labute approximate surface area is 122 Å². The summed E-state index contributed by atoms with van der Waals surface area (Å²) in [5.74, 6) is 0.758. The summed E-state index contributed by atoms with van der Waals surface area (Å²) in [6, 6.07) is 6.23. The Balaban J connectivity index is 2.21. The summed E-state index contributed by atoms with van der Waals surface area (Å²) in [4.78, 5) is 2.49. The van der Waals surface area contributed by atoms with Gasteiger partial charge in [-0.25, -0.2) is 0 Å². The minimum absolute atomic E-state index is 0.385. The van der Waals surface area contributed by atoms with Crippen LogP contribution in [0.1, 0.15) is 32.8 Å². The van der Waals surface area contributed by atoms with E-state index in [1.54, 1.807) is 0 Å². The molecule has 1 aromatic carbocycles. The molecule has 0 radical (unpaired) electrons. The number of rotatable bonds is 3. The van der Waals surface area contributed by atoms with E-state index in [9.17, 15) is 0 Å². The van der Waals surface area contributed by atoms with E-state index in [1.165, 1.54) is 17.7 Å². The van der Waals surface area contributed by atoms with E-state index in [2.05, 4.69) is 43.1 Å². The first-order chi connectivity index (χ1) is 8.91. The Kier molecular flexibility index (Phi) is 4.42. The summed E-state index contributed by atoms with van der Waals surface area (Å²) < 4.78 is 0. The van der Waals surface area contributed by atoms with E-state index >= 15 is 0 Å². The van der Waals surface area contributed by atoms with Gasteiger partial charge in [0, 0.05) is 30.3 Å². The molecule has 1 N–H and O–H groups in total. The SMILES string of the molecule is CNCc1ccc(Cl)cc1N1CCC(C(C)(C)C)C1. The Bertz CT molecular complexity index is 437. The molecule has 19 heavy (non-hydrogen) atoms. The first-order valence-corrected chi connectivity index (χ1v) is 7.47. The van der Waals surface area contributed by atoms with Gasteiger partial charge in [-0.2, -0.15) is 0 Å². The molecule has 1 unspecified atom stereocenters. The van der Waals surface area contributed by atoms with Crippen LogP contribution in [0.15, 0.2) is 18.2 Å². The van der Waals surface area contributed by atoms with Gasteiger partial charge in [0.05, 0.1) is 0 Å². The highest BCUT2D eigenvalue weighted by atomic mass is 35.5. The Morgan fingerprint density at radius 3 is 2.68 bits per heavy atom. The smallest absolute Gasteiger partial charge is 0.0426 e. The van der Waals surface area contributed by atoms with E-state index < -0.39 is 0 Å². The van der Waals surface area contributed by atoms with Gasteiger partial charge in [0.1, 0.15) is 0 Å². The number of nitrogens with zero attached hydrogens (tertiary/aromatic N) is 1. The second kappa shape index (κ2) is 5.72. The third-order valence-electron chi connectivity index (χ3n) is 4.17. The molecule has 1 atom stereocenters. The van der Waals surface area contributed by atoms with Crippen molar-refractivity contribution in [1.82, 2.24) is 5.32 Å². The minimum atomic E-state index is 0.385. The lowest BCUT2D eigenvalue weighted by atomic mass is 9.80. The van der Waals surface area contributed by atoms with E-state index in [0.29, 0.717) is 5.41 Å². The number of benzene rings is 1. The molecular formula is C16H25ClN2. The number of halogens is 1. The molecule has 3 heteroatoms. The molecule has 2 rings (SSSR count). The molecule has 0 saturated carbocycles. The molecule has 0 bridgehead atoms. The van der Waals surface area contributed by atoms with Crippen molar-refractivity contribution in [2.24, 2.45) is 11.3 Å². The summed E-state index contributed by atoms with van der Waals surface area (Å²) in [7, 11) is 1.99. The predicted molar refractivity (Wildman–Crippen MR) is 84.0 cm³/mol. The van der Waals surface area contributed by atoms with Gasteiger partial charge in [-0.15, -0.1) is 0 Å². The van der Waals surface area contributed by atoms with Crippen molar-refractivity contribution >= 4 is 17.3 Å². The number of hydrogen-bond donors (Lipinski definition) is 1. The van der Waals surface area contributed by atoms with Crippen LogP contribution in [-0.4, -0.2) is 20.1 Å². The quantitative estimate of drug-likeness (QED) is 0.902. The van der Waals surface area contributed by atoms with Crippen molar-refractivity contribution in [2.75, 3.05) is 25.0 Å². The highest BCUT2D eigenvalue weighted by Crippen LogP contribution is 2.37. The molecule has 0 spiro atoms. The van der Waals surface area contributed by atoms with Gasteiger partial charge >= 0.3 is 0 Å². The lowest BCUT2D eigenvalue weighted by molar-refractivity contribution is 0.263. The van der Waals surface area contributed by atoms with Crippen molar-refractivity contribution < 1.29 is 0 Å². The van der Waals surface area contributed by atoms with Gasteiger partial charge in [-0.3, -0.25) is 0 Å². The molecular weight excluding hydrogens is 256 g/mol. The third kappa shape index (κ3) is 3.43. The van der Waals surface area contributed by atoms with Crippen molar-refractivity contribution in [2.45, 2.75) is 33.7 Å². The average Bonchev–Trinajstić information content (AvgIpc) is 2.80. The summed E-state index contributed by atoms with van der Waals surface area (Å²) >= 11 is 6.17. The van der Waals surface area contributed by atoms with Gasteiger partial charge in [0.15, 0.2) is 0 Å². The summed E-state index contributed by atoms with van der Waals surface area (Å²) in [6.07, 6.45) is 1.27. The zero-order chi connectivity index (χ0) is 14.0. The third-order valence-corrected chi connectivity index (χ3v) is 4.40. The normalized spacial score (nSPS) is 20.1. The summed E-state index contributed by atoms with van der Waals surface area (Å²) in [6.45, 7) is 10.2. The largest absolute Gasteiger partial charge is 0.371 e. The van der Waals surface area contributed by atoms with Crippen LogP contribution in [0.5, 0.6) is 0 Å². The van der Waals surface area contributed by atoms with E-state index in [-0.39, 0.29) is 0 Å². The summed E-state index contributed by atoms with van der Waals surface area (Å²) in [5, 5.41) is 4.07. The van der Waals surface area contributed by atoms with Gasteiger partial charge in [0.2, 0.25) is 0 Å². The molecule has 0 amide bonds. The van der Waals surface area contributed by atoms with Crippen LogP contribution >= 0.6 is 11.6 Å². The van der Waals surface area contributed by atoms with Gasteiger partial charge in [-0.1, -0.05) is 38.4 Å². The number of anilines is 1. The van der Waals surface area contributed by atoms with Gasteiger partial charge in [-0.05, 0) is 42.5 Å². The van der Waals surface area contributed by atoms with Crippen LogP contribution in [0.25, 0.3) is 0 Å². The van der Waals surface area contributed by atoms with Gasteiger partial charge in [0.25, 0.3) is 0 Å². The molecule has 0 aliphatic carbocycles. The lowest BCUT2D eigenvalue weighted by Crippen LogP contribution is -2.26. The minimum Gasteiger partial charge on any atom is -0.371 e. The fourth-order valence-electron chi connectivity index (χ4n) is 2.86. The molecule has 0 aromatic heterocycles. The standard InChI is InChI=1S/C16H25ClN2/c1-16(2,3)13-7-8-19(11-13)15-9-14(17)6-5-12(15)10-18-4/h5-6,9,13,18H,7-8,10-11H2,1-4H3. The number of hydrogen-bond acceptors (Lipinski definition) is 2. The second-order valence-electron chi connectivity index (χ2n) is 6.60. The van der Waals surface area contributed by atoms with Crippen LogP contribution < -0.4 is 10.2 Å². The van der Waals surface area contributed by atoms with Crippen molar-refractivity contribution in [3.63, 3.8) is 0 Å². The van der Waals surface area contributed by atoms with Crippen molar-refractivity contribution in [3.05, 3.63) is 28.8 Å². The number of nitrogens with one attached hydrogen (secondary N) is 1. The monoisotopic (exact) mass is 280 g/mol. The maximum absolute atomic E-state index is 6.17. The molecule has 1 fully saturated rings. The fourth-order valence-corrected chi connectivity index (χ4v) is 3.02. The first-order valence-electron chi connectivity index (χ1n) is 7.10. The van der Waals surface area contributed by atoms with Crippen LogP contribution in [0.3, 0.4) is 0 Å². The summed E-state index contributed by atoms with van der Waals surface area (Å²) in [5.41, 5.74) is 3.02. The van der Waals surface area contributed by atoms with Crippen LogP contribution in [0.2, 0.25) is 5.02 Å². The molecule has 1 aliphatic rings. The topological polar surface area (TPSA) is 15.3 Å². The zero-order valence-corrected chi connectivity index (χ0v) is 13.2.